The Hall–Kier alpha value is -1.29. The van der Waals surface area contributed by atoms with E-state index in [4.69, 9.17) is 5.73 Å². The lowest BCUT2D eigenvalue weighted by atomic mass is 10.3. The highest BCUT2D eigenvalue weighted by molar-refractivity contribution is 5.89. The number of ether oxygens (including phenoxy) is 1. The molecular weight excluding hydrogens is 180 g/mol. The van der Waals surface area contributed by atoms with Crippen molar-refractivity contribution in [1.82, 2.24) is 4.98 Å². The number of pyridine rings is 1. The van der Waals surface area contributed by atoms with E-state index in [0.717, 1.165) is 0 Å². The van der Waals surface area contributed by atoms with Gasteiger partial charge in [0.25, 0.3) is 0 Å². The molecule has 5 heteroatoms. The zero-order valence-corrected chi connectivity index (χ0v) is 7.30. The SMILES string of the molecule is COC(=O)c1ccc(N)nc1.Cl. The molecule has 0 bridgehead atoms. The lowest BCUT2D eigenvalue weighted by Gasteiger charge is -1.97. The van der Waals surface area contributed by atoms with Crippen LogP contribution in [0, 0.1) is 0 Å². The maximum Gasteiger partial charge on any atom is 0.339 e. The Balaban J connectivity index is 0.00000121. The van der Waals surface area contributed by atoms with Gasteiger partial charge in [-0.15, -0.1) is 12.4 Å². The Morgan fingerprint density at radius 1 is 1.58 bits per heavy atom. The molecule has 0 aromatic carbocycles. The zero-order chi connectivity index (χ0) is 8.27. The second-order valence-corrected chi connectivity index (χ2v) is 1.96. The van der Waals surface area contributed by atoms with Crippen molar-refractivity contribution in [3.8, 4) is 0 Å². The fraction of sp³-hybridized carbons (Fsp3) is 0.143. The second-order valence-electron chi connectivity index (χ2n) is 1.96. The fourth-order valence-electron chi connectivity index (χ4n) is 0.644. The maximum absolute atomic E-state index is 10.8. The molecule has 0 radical (unpaired) electrons. The van der Waals surface area contributed by atoms with Gasteiger partial charge in [0.1, 0.15) is 5.82 Å². The highest BCUT2D eigenvalue weighted by Crippen LogP contribution is 2.01. The molecule has 12 heavy (non-hydrogen) atoms. The van der Waals surface area contributed by atoms with Gasteiger partial charge in [0.15, 0.2) is 0 Å². The van der Waals surface area contributed by atoms with E-state index < -0.39 is 5.97 Å². The number of nitrogens with zero attached hydrogens (tertiary/aromatic N) is 1. The number of carbonyl (C=O) groups is 1. The number of nitrogen functional groups attached to an aromatic ring is 1. The Kier molecular flexibility index (Phi) is 4.07. The molecule has 0 amide bonds. The van der Waals surface area contributed by atoms with Gasteiger partial charge in [-0.05, 0) is 12.1 Å². The van der Waals surface area contributed by atoms with Crippen molar-refractivity contribution in [3.05, 3.63) is 23.9 Å². The van der Waals surface area contributed by atoms with E-state index in [1.54, 1.807) is 12.1 Å². The third-order valence-corrected chi connectivity index (χ3v) is 1.21. The van der Waals surface area contributed by atoms with E-state index in [0.29, 0.717) is 11.4 Å². The number of carbonyl (C=O) groups excluding carboxylic acids is 1. The summed E-state index contributed by atoms with van der Waals surface area (Å²) in [6.45, 7) is 0. The van der Waals surface area contributed by atoms with Crippen LogP contribution in [0.15, 0.2) is 18.3 Å². The van der Waals surface area contributed by atoms with Gasteiger partial charge in [0.05, 0.1) is 12.7 Å². The molecule has 1 rings (SSSR count). The number of methoxy groups -OCH3 is 1. The molecule has 0 spiro atoms. The fourth-order valence-corrected chi connectivity index (χ4v) is 0.644. The van der Waals surface area contributed by atoms with Crippen LogP contribution in [0.25, 0.3) is 0 Å². The first kappa shape index (κ1) is 10.7. The van der Waals surface area contributed by atoms with Crippen molar-refractivity contribution in [2.45, 2.75) is 0 Å². The topological polar surface area (TPSA) is 65.2 Å². The molecule has 0 aliphatic heterocycles. The van der Waals surface area contributed by atoms with E-state index in [1.807, 2.05) is 0 Å². The Labute approximate surface area is 76.1 Å². The van der Waals surface area contributed by atoms with E-state index in [-0.39, 0.29) is 12.4 Å². The standard InChI is InChI=1S/C7H8N2O2.ClH/c1-11-7(10)5-2-3-6(8)9-4-5;/h2-4H,1H3,(H2,8,9);1H. The molecule has 0 unspecified atom stereocenters. The number of halogens is 1. The van der Waals surface area contributed by atoms with Gasteiger partial charge in [0.2, 0.25) is 0 Å². The molecule has 0 saturated heterocycles. The normalized spacial score (nSPS) is 8.42. The van der Waals surface area contributed by atoms with Crippen LogP contribution in [0.5, 0.6) is 0 Å². The maximum atomic E-state index is 10.8. The summed E-state index contributed by atoms with van der Waals surface area (Å²) in [7, 11) is 1.32. The highest BCUT2D eigenvalue weighted by Gasteiger charge is 2.03. The number of rotatable bonds is 1. The summed E-state index contributed by atoms with van der Waals surface area (Å²) >= 11 is 0. The van der Waals surface area contributed by atoms with Gasteiger partial charge >= 0.3 is 5.97 Å². The van der Waals surface area contributed by atoms with Crippen molar-refractivity contribution in [3.63, 3.8) is 0 Å². The van der Waals surface area contributed by atoms with E-state index >= 15 is 0 Å². The second kappa shape index (κ2) is 4.56. The minimum absolute atomic E-state index is 0. The molecule has 1 heterocycles. The van der Waals surface area contributed by atoms with Crippen molar-refractivity contribution in [1.29, 1.82) is 0 Å². The van der Waals surface area contributed by atoms with Crippen molar-refractivity contribution < 1.29 is 9.53 Å². The number of hydrogen-bond acceptors (Lipinski definition) is 4. The molecular formula is C7H9ClN2O2. The Morgan fingerprint density at radius 2 is 2.25 bits per heavy atom. The minimum atomic E-state index is -0.405. The molecule has 0 atom stereocenters. The average Bonchev–Trinajstić information content (AvgIpc) is 2.05. The quantitative estimate of drug-likeness (QED) is 0.665. The van der Waals surface area contributed by atoms with Crippen LogP contribution >= 0.6 is 12.4 Å². The smallest absolute Gasteiger partial charge is 0.339 e. The van der Waals surface area contributed by atoms with Crippen LogP contribution in [0.4, 0.5) is 5.82 Å². The number of hydrogen-bond donors (Lipinski definition) is 1. The van der Waals surface area contributed by atoms with Gasteiger partial charge in [-0.1, -0.05) is 0 Å². The summed E-state index contributed by atoms with van der Waals surface area (Å²) in [4.78, 5) is 14.5. The van der Waals surface area contributed by atoms with Crippen molar-refractivity contribution in [2.75, 3.05) is 12.8 Å². The molecule has 66 valence electrons. The summed E-state index contributed by atoms with van der Waals surface area (Å²) in [5.41, 5.74) is 5.71. The van der Waals surface area contributed by atoms with Gasteiger partial charge in [0, 0.05) is 6.20 Å². The number of esters is 1. The van der Waals surface area contributed by atoms with Gasteiger partial charge in [-0.3, -0.25) is 0 Å². The summed E-state index contributed by atoms with van der Waals surface area (Å²) in [5, 5.41) is 0. The summed E-state index contributed by atoms with van der Waals surface area (Å²) in [5.74, 6) is -0.0184. The Morgan fingerprint density at radius 3 is 2.67 bits per heavy atom. The van der Waals surface area contributed by atoms with Gasteiger partial charge < -0.3 is 10.5 Å². The molecule has 1 aromatic rings. The highest BCUT2D eigenvalue weighted by atomic mass is 35.5. The minimum Gasteiger partial charge on any atom is -0.465 e. The molecule has 0 aliphatic carbocycles. The van der Waals surface area contributed by atoms with E-state index in [2.05, 4.69) is 9.72 Å². The summed E-state index contributed by atoms with van der Waals surface area (Å²) < 4.78 is 4.46. The van der Waals surface area contributed by atoms with Gasteiger partial charge in [-0.2, -0.15) is 0 Å². The van der Waals surface area contributed by atoms with Crippen LogP contribution in [-0.2, 0) is 4.74 Å². The van der Waals surface area contributed by atoms with Crippen molar-refractivity contribution >= 4 is 24.2 Å². The van der Waals surface area contributed by atoms with Crippen LogP contribution in [0.1, 0.15) is 10.4 Å². The number of aromatic nitrogens is 1. The van der Waals surface area contributed by atoms with Crippen molar-refractivity contribution in [2.24, 2.45) is 0 Å². The first-order valence-electron chi connectivity index (χ1n) is 3.04. The molecule has 1 aromatic heterocycles. The van der Waals surface area contributed by atoms with Gasteiger partial charge in [-0.25, -0.2) is 9.78 Å². The predicted octanol–water partition coefficient (Wildman–Crippen LogP) is 0.872. The number of nitrogens with two attached hydrogens (primary N) is 1. The molecule has 0 saturated carbocycles. The molecule has 0 aliphatic rings. The lowest BCUT2D eigenvalue weighted by Crippen LogP contribution is -2.02. The first-order valence-corrected chi connectivity index (χ1v) is 3.04. The third-order valence-electron chi connectivity index (χ3n) is 1.21. The van der Waals surface area contributed by atoms with Crippen LogP contribution in [-0.4, -0.2) is 18.1 Å². The molecule has 4 nitrogen and oxygen atoms in total. The van der Waals surface area contributed by atoms with E-state index in [1.165, 1.54) is 13.3 Å². The Bertz CT molecular complexity index is 261. The van der Waals surface area contributed by atoms with E-state index in [9.17, 15) is 4.79 Å². The lowest BCUT2D eigenvalue weighted by molar-refractivity contribution is 0.0600. The third kappa shape index (κ3) is 2.39. The first-order chi connectivity index (χ1) is 5.24. The zero-order valence-electron chi connectivity index (χ0n) is 6.48. The van der Waals surface area contributed by atoms with Crippen LogP contribution < -0.4 is 5.73 Å². The van der Waals surface area contributed by atoms with Crippen LogP contribution in [0.2, 0.25) is 0 Å². The van der Waals surface area contributed by atoms with Crippen LogP contribution in [0.3, 0.4) is 0 Å². The summed E-state index contributed by atoms with van der Waals surface area (Å²) in [6, 6.07) is 3.11. The average molecular weight is 189 g/mol. The monoisotopic (exact) mass is 188 g/mol. The summed E-state index contributed by atoms with van der Waals surface area (Å²) in [6.07, 6.45) is 1.38. The number of anilines is 1. The predicted molar refractivity (Wildman–Crippen MR) is 47.2 cm³/mol. The largest absolute Gasteiger partial charge is 0.465 e. The molecule has 2 N–H and O–H groups in total. The molecule has 0 fully saturated rings.